The summed E-state index contributed by atoms with van der Waals surface area (Å²) in [5, 5.41) is 3.60. The van der Waals surface area contributed by atoms with Gasteiger partial charge in [-0.05, 0) is 13.8 Å². The summed E-state index contributed by atoms with van der Waals surface area (Å²) in [6, 6.07) is 7.08. The van der Waals surface area contributed by atoms with Crippen molar-refractivity contribution < 1.29 is 22.5 Å². The molecule has 20 heavy (non-hydrogen) atoms. The van der Waals surface area contributed by atoms with Crippen molar-refractivity contribution in [3.05, 3.63) is 35.7 Å². The minimum absolute atomic E-state index is 0.154. The van der Waals surface area contributed by atoms with E-state index in [0.717, 1.165) is 12.5 Å². The molecule has 1 unspecified atom stereocenters. The molecule has 1 aromatic carbocycles. The molecule has 0 amide bonds. The van der Waals surface area contributed by atoms with Gasteiger partial charge in [0.1, 0.15) is 5.92 Å². The lowest BCUT2D eigenvalue weighted by atomic mass is 10.1. The highest BCUT2D eigenvalue weighted by Crippen LogP contribution is 2.27. The van der Waals surface area contributed by atoms with Gasteiger partial charge in [0, 0.05) is 5.56 Å². The van der Waals surface area contributed by atoms with Gasteiger partial charge in [0.05, 0.1) is 0 Å². The lowest BCUT2D eigenvalue weighted by Crippen LogP contribution is -2.27. The number of ketones is 1. The van der Waals surface area contributed by atoms with Crippen LogP contribution < -0.4 is 0 Å². The molecule has 0 aliphatic rings. The molecule has 0 aliphatic carbocycles. The maximum Gasteiger partial charge on any atom is 0.450 e. The van der Waals surface area contributed by atoms with Gasteiger partial charge in [0.15, 0.2) is 0 Å². The molecule has 0 fully saturated rings. The summed E-state index contributed by atoms with van der Waals surface area (Å²) >= 11 is 0. The summed E-state index contributed by atoms with van der Waals surface area (Å²) in [5.41, 5.74) is 1.63. The molecular weight excluding hydrogens is 273 g/mol. The van der Waals surface area contributed by atoms with E-state index in [9.17, 15) is 18.0 Å². The van der Waals surface area contributed by atoms with E-state index in [1.807, 2.05) is 19.1 Å². The molecular formula is C13H11F3N2O2. The predicted molar refractivity (Wildman–Crippen MR) is 63.9 cm³/mol. The van der Waals surface area contributed by atoms with E-state index >= 15 is 0 Å². The minimum Gasteiger partial charge on any atom is -0.338 e. The topological polar surface area (TPSA) is 56.0 Å². The molecule has 0 bridgehead atoms. The third-order valence-electron chi connectivity index (χ3n) is 2.79. The SMILES string of the molecule is Cc1ccc(-c2noc(C(C)C(=O)C(F)(F)F)n2)cc1. The second kappa shape index (κ2) is 5.07. The molecule has 0 spiro atoms. The van der Waals surface area contributed by atoms with E-state index in [4.69, 9.17) is 4.52 Å². The number of aromatic nitrogens is 2. The number of hydrogen-bond acceptors (Lipinski definition) is 4. The molecule has 4 nitrogen and oxygen atoms in total. The second-order valence-electron chi connectivity index (χ2n) is 4.41. The number of Topliss-reactive ketones (excluding diaryl/α,β-unsaturated/α-hetero) is 1. The Labute approximate surface area is 112 Å². The smallest absolute Gasteiger partial charge is 0.338 e. The highest BCUT2D eigenvalue weighted by atomic mass is 19.4. The largest absolute Gasteiger partial charge is 0.450 e. The van der Waals surface area contributed by atoms with Gasteiger partial charge in [-0.25, -0.2) is 0 Å². The first-order chi connectivity index (χ1) is 9.29. The van der Waals surface area contributed by atoms with Crippen LogP contribution in [0.1, 0.15) is 24.3 Å². The number of aryl methyl sites for hydroxylation is 1. The van der Waals surface area contributed by atoms with Crippen molar-refractivity contribution in [2.45, 2.75) is 25.9 Å². The van der Waals surface area contributed by atoms with Crippen LogP contribution in [0.5, 0.6) is 0 Å². The van der Waals surface area contributed by atoms with E-state index in [-0.39, 0.29) is 11.7 Å². The molecule has 106 valence electrons. The van der Waals surface area contributed by atoms with E-state index in [1.54, 1.807) is 12.1 Å². The molecule has 1 aromatic heterocycles. The quantitative estimate of drug-likeness (QED) is 0.868. The van der Waals surface area contributed by atoms with Gasteiger partial charge in [-0.2, -0.15) is 18.2 Å². The van der Waals surface area contributed by atoms with Crippen LogP contribution in [0.2, 0.25) is 0 Å². The maximum absolute atomic E-state index is 12.3. The Balaban J connectivity index is 2.25. The van der Waals surface area contributed by atoms with Crippen molar-refractivity contribution >= 4 is 5.78 Å². The summed E-state index contributed by atoms with van der Waals surface area (Å²) in [7, 11) is 0. The van der Waals surface area contributed by atoms with Gasteiger partial charge in [-0.15, -0.1) is 0 Å². The third kappa shape index (κ3) is 2.87. The lowest BCUT2D eigenvalue weighted by molar-refractivity contribution is -0.172. The number of alkyl halides is 3. The van der Waals surface area contributed by atoms with Gasteiger partial charge in [-0.3, -0.25) is 4.79 Å². The normalized spacial score (nSPS) is 13.2. The van der Waals surface area contributed by atoms with Crippen molar-refractivity contribution in [3.63, 3.8) is 0 Å². The van der Waals surface area contributed by atoms with Gasteiger partial charge in [0.2, 0.25) is 17.5 Å². The van der Waals surface area contributed by atoms with Gasteiger partial charge >= 0.3 is 6.18 Å². The first-order valence-corrected chi connectivity index (χ1v) is 5.80. The zero-order valence-corrected chi connectivity index (χ0v) is 10.7. The Morgan fingerprint density at radius 1 is 1.25 bits per heavy atom. The Hall–Kier alpha value is -2.18. The third-order valence-corrected chi connectivity index (χ3v) is 2.79. The van der Waals surface area contributed by atoms with Crippen molar-refractivity contribution in [2.24, 2.45) is 0 Å². The Morgan fingerprint density at radius 3 is 2.40 bits per heavy atom. The van der Waals surface area contributed by atoms with Gasteiger partial charge in [-0.1, -0.05) is 35.0 Å². The average molecular weight is 284 g/mol. The fraction of sp³-hybridized carbons (Fsp3) is 0.308. The van der Waals surface area contributed by atoms with Crippen LogP contribution >= 0.6 is 0 Å². The van der Waals surface area contributed by atoms with E-state index in [0.29, 0.717) is 5.56 Å². The average Bonchev–Trinajstić information content (AvgIpc) is 2.86. The molecule has 1 heterocycles. The lowest BCUT2D eigenvalue weighted by Gasteiger charge is -2.08. The Kier molecular flexibility index (Phi) is 3.61. The van der Waals surface area contributed by atoms with E-state index in [2.05, 4.69) is 10.1 Å². The maximum atomic E-state index is 12.3. The second-order valence-corrected chi connectivity index (χ2v) is 4.41. The number of halogens is 3. The zero-order chi connectivity index (χ0) is 14.9. The summed E-state index contributed by atoms with van der Waals surface area (Å²) in [4.78, 5) is 14.9. The van der Waals surface area contributed by atoms with Gasteiger partial charge < -0.3 is 4.52 Å². The molecule has 0 aliphatic heterocycles. The number of carbonyl (C=O) groups excluding carboxylic acids is 1. The molecule has 0 saturated carbocycles. The Morgan fingerprint density at radius 2 is 1.85 bits per heavy atom. The van der Waals surface area contributed by atoms with Crippen LogP contribution in [0.15, 0.2) is 28.8 Å². The van der Waals surface area contributed by atoms with E-state index < -0.39 is 17.9 Å². The number of hydrogen-bond donors (Lipinski definition) is 0. The molecule has 0 saturated heterocycles. The molecule has 1 atom stereocenters. The standard InChI is InChI=1S/C13H11F3N2O2/c1-7-3-5-9(6-4-7)11-17-12(20-18-11)8(2)10(19)13(14,15)16/h3-6,8H,1-2H3. The highest BCUT2D eigenvalue weighted by Gasteiger charge is 2.44. The number of nitrogens with zero attached hydrogens (tertiary/aromatic N) is 2. The molecule has 0 N–H and O–H groups in total. The monoisotopic (exact) mass is 284 g/mol. The fourth-order valence-corrected chi connectivity index (χ4v) is 1.59. The summed E-state index contributed by atoms with van der Waals surface area (Å²) in [5.74, 6) is -3.61. The van der Waals surface area contributed by atoms with Crippen molar-refractivity contribution in [3.8, 4) is 11.4 Å². The predicted octanol–water partition coefficient (Wildman–Crippen LogP) is 3.28. The van der Waals surface area contributed by atoms with Crippen molar-refractivity contribution in [2.75, 3.05) is 0 Å². The van der Waals surface area contributed by atoms with E-state index in [1.165, 1.54) is 0 Å². The first kappa shape index (κ1) is 14.2. The van der Waals surface area contributed by atoms with Crippen LogP contribution in [-0.4, -0.2) is 22.1 Å². The molecule has 7 heteroatoms. The van der Waals surface area contributed by atoms with Crippen LogP contribution in [0, 0.1) is 6.92 Å². The molecule has 2 aromatic rings. The number of benzene rings is 1. The van der Waals surface area contributed by atoms with Crippen molar-refractivity contribution in [1.29, 1.82) is 0 Å². The van der Waals surface area contributed by atoms with Crippen LogP contribution in [0.3, 0.4) is 0 Å². The Bertz CT molecular complexity index is 617. The highest BCUT2D eigenvalue weighted by molar-refractivity contribution is 5.89. The minimum atomic E-state index is -4.92. The fourth-order valence-electron chi connectivity index (χ4n) is 1.59. The van der Waals surface area contributed by atoms with Crippen LogP contribution in [0.4, 0.5) is 13.2 Å². The number of carbonyl (C=O) groups is 1. The van der Waals surface area contributed by atoms with Crippen molar-refractivity contribution in [1.82, 2.24) is 10.1 Å². The van der Waals surface area contributed by atoms with Gasteiger partial charge in [0.25, 0.3) is 0 Å². The number of rotatable bonds is 3. The first-order valence-electron chi connectivity index (χ1n) is 5.80. The van der Waals surface area contributed by atoms with Crippen LogP contribution in [-0.2, 0) is 4.79 Å². The summed E-state index contributed by atoms with van der Waals surface area (Å²) < 4.78 is 41.7. The summed E-state index contributed by atoms with van der Waals surface area (Å²) in [6.07, 6.45) is -4.92. The molecule has 0 radical (unpaired) electrons. The molecule has 2 rings (SSSR count). The van der Waals surface area contributed by atoms with Crippen LogP contribution in [0.25, 0.3) is 11.4 Å². The zero-order valence-electron chi connectivity index (χ0n) is 10.7. The summed E-state index contributed by atoms with van der Waals surface area (Å²) in [6.45, 7) is 2.98.